The molecule has 10 heteroatoms. The van der Waals surface area contributed by atoms with E-state index >= 15 is 0 Å². The van der Waals surface area contributed by atoms with Crippen molar-refractivity contribution in [3.63, 3.8) is 0 Å². The second kappa shape index (κ2) is 7.29. The number of nitrogens with one attached hydrogen (secondary N) is 1. The summed E-state index contributed by atoms with van der Waals surface area (Å²) in [6.07, 6.45) is -0.681. The van der Waals surface area contributed by atoms with Gasteiger partial charge in [-0.25, -0.2) is 9.37 Å². The van der Waals surface area contributed by atoms with Crippen LogP contribution in [0.4, 0.5) is 15.8 Å². The number of pyridine rings is 2. The Balaban J connectivity index is 2.00. The molecule has 8 nitrogen and oxygen atoms in total. The van der Waals surface area contributed by atoms with Crippen molar-refractivity contribution >= 4 is 30.0 Å². The molecule has 0 saturated carbocycles. The maximum atomic E-state index is 14.2. The number of anilines is 2. The standard InChI is InChI=1S/C17H14FN4O4P/c1-26-16-5-4-13-15(7-12(8-19)21-17(13)22-16)20-11-3-2-10(14(18)6-11)9-27(23,24)25/h2-7H,9H2,1H3,(H,20,21,22)(H2,23,24,25). The van der Waals surface area contributed by atoms with Gasteiger partial charge in [-0.1, -0.05) is 6.07 Å². The third-order valence-electron chi connectivity index (χ3n) is 3.68. The average molecular weight is 388 g/mol. The van der Waals surface area contributed by atoms with Gasteiger partial charge in [-0.3, -0.25) is 4.57 Å². The molecular formula is C17H14FN4O4P. The minimum atomic E-state index is -4.37. The van der Waals surface area contributed by atoms with Crippen LogP contribution in [0, 0.1) is 17.1 Å². The molecule has 3 aromatic rings. The third-order valence-corrected chi connectivity index (χ3v) is 4.43. The fourth-order valence-electron chi connectivity index (χ4n) is 2.49. The summed E-state index contributed by atoms with van der Waals surface area (Å²) in [7, 11) is -2.91. The van der Waals surface area contributed by atoms with Gasteiger partial charge in [0.05, 0.1) is 19.0 Å². The van der Waals surface area contributed by atoms with Gasteiger partial charge in [0, 0.05) is 17.1 Å². The van der Waals surface area contributed by atoms with E-state index in [0.717, 1.165) is 6.07 Å². The molecule has 1 aromatic carbocycles. The van der Waals surface area contributed by atoms with E-state index in [1.54, 1.807) is 12.1 Å². The molecule has 0 aliphatic rings. The van der Waals surface area contributed by atoms with Crippen LogP contribution in [0.2, 0.25) is 0 Å². The first kappa shape index (κ1) is 18.7. The van der Waals surface area contributed by atoms with Crippen molar-refractivity contribution in [3.05, 3.63) is 53.5 Å². The van der Waals surface area contributed by atoms with Crippen molar-refractivity contribution in [1.82, 2.24) is 9.97 Å². The average Bonchev–Trinajstić information content (AvgIpc) is 2.62. The molecule has 0 fully saturated rings. The Hall–Kier alpha value is -3.05. The van der Waals surface area contributed by atoms with Crippen LogP contribution in [0.3, 0.4) is 0 Å². The molecule has 0 amide bonds. The fourth-order valence-corrected chi connectivity index (χ4v) is 3.19. The van der Waals surface area contributed by atoms with Crippen LogP contribution in [-0.4, -0.2) is 26.9 Å². The summed E-state index contributed by atoms with van der Waals surface area (Å²) >= 11 is 0. The van der Waals surface area contributed by atoms with Gasteiger partial charge >= 0.3 is 7.60 Å². The molecule has 0 atom stereocenters. The van der Waals surface area contributed by atoms with Crippen molar-refractivity contribution in [3.8, 4) is 11.9 Å². The number of aromatic nitrogens is 2. The van der Waals surface area contributed by atoms with Gasteiger partial charge in [0.25, 0.3) is 0 Å². The highest BCUT2D eigenvalue weighted by Crippen LogP contribution is 2.40. The van der Waals surface area contributed by atoms with Gasteiger partial charge < -0.3 is 19.8 Å². The van der Waals surface area contributed by atoms with Crippen LogP contribution >= 0.6 is 7.60 Å². The minimum absolute atomic E-state index is 0.0856. The topological polar surface area (TPSA) is 128 Å². The molecule has 0 spiro atoms. The van der Waals surface area contributed by atoms with Crippen molar-refractivity contribution in [2.24, 2.45) is 0 Å². The molecule has 0 aliphatic heterocycles. The quantitative estimate of drug-likeness (QED) is 0.569. The van der Waals surface area contributed by atoms with Crippen molar-refractivity contribution in [2.45, 2.75) is 6.16 Å². The molecule has 0 radical (unpaired) electrons. The molecule has 0 bridgehead atoms. The number of ether oxygens (including phenoxy) is 1. The number of fused-ring (bicyclic) bond motifs is 1. The SMILES string of the molecule is COc1ccc2c(Nc3ccc(CP(=O)(O)O)c(F)c3)cc(C#N)nc2n1. The fraction of sp³-hybridized carbons (Fsp3) is 0.118. The maximum Gasteiger partial charge on any atom is 0.330 e. The minimum Gasteiger partial charge on any atom is -0.481 e. The lowest BCUT2D eigenvalue weighted by Gasteiger charge is -2.12. The summed E-state index contributed by atoms with van der Waals surface area (Å²) < 4.78 is 30.3. The Morgan fingerprint density at radius 3 is 2.67 bits per heavy atom. The number of methoxy groups -OCH3 is 1. The van der Waals surface area contributed by atoms with Crippen LogP contribution in [0.25, 0.3) is 11.0 Å². The number of halogens is 1. The van der Waals surface area contributed by atoms with Crippen LogP contribution in [-0.2, 0) is 10.7 Å². The normalized spacial score (nSPS) is 11.2. The number of rotatable bonds is 5. The van der Waals surface area contributed by atoms with E-state index < -0.39 is 19.6 Å². The number of hydrogen-bond donors (Lipinski definition) is 3. The summed E-state index contributed by atoms with van der Waals surface area (Å²) in [6, 6.07) is 10.7. The first-order chi connectivity index (χ1) is 12.8. The second-order valence-corrected chi connectivity index (χ2v) is 7.29. The van der Waals surface area contributed by atoms with E-state index in [1.807, 2.05) is 6.07 Å². The molecule has 138 valence electrons. The highest BCUT2D eigenvalue weighted by molar-refractivity contribution is 7.50. The van der Waals surface area contributed by atoms with Crippen LogP contribution < -0.4 is 10.1 Å². The summed E-state index contributed by atoms with van der Waals surface area (Å²) in [5, 5.41) is 12.7. The Labute approximate surface area is 153 Å². The van der Waals surface area contributed by atoms with Crippen LogP contribution in [0.1, 0.15) is 11.3 Å². The van der Waals surface area contributed by atoms with Crippen LogP contribution in [0.5, 0.6) is 5.88 Å². The number of nitriles is 1. The summed E-state index contributed by atoms with van der Waals surface area (Å²) in [6.45, 7) is 0. The van der Waals surface area contributed by atoms with E-state index in [1.165, 1.54) is 25.3 Å². The zero-order valence-corrected chi connectivity index (χ0v) is 14.9. The van der Waals surface area contributed by atoms with Crippen LogP contribution in [0.15, 0.2) is 36.4 Å². The highest BCUT2D eigenvalue weighted by Gasteiger charge is 2.17. The molecule has 2 aromatic heterocycles. The number of benzene rings is 1. The first-order valence-corrected chi connectivity index (χ1v) is 9.45. The van der Waals surface area contributed by atoms with Gasteiger partial charge in [0.15, 0.2) is 5.65 Å². The third kappa shape index (κ3) is 4.38. The van der Waals surface area contributed by atoms with Gasteiger partial charge in [0.1, 0.15) is 17.6 Å². The first-order valence-electron chi connectivity index (χ1n) is 7.65. The summed E-state index contributed by atoms with van der Waals surface area (Å²) in [4.78, 5) is 26.3. The van der Waals surface area contributed by atoms with Gasteiger partial charge in [-0.05, 0) is 29.8 Å². The number of nitrogens with zero attached hydrogens (tertiary/aromatic N) is 3. The van der Waals surface area contributed by atoms with E-state index in [0.29, 0.717) is 22.6 Å². The molecular weight excluding hydrogens is 374 g/mol. The van der Waals surface area contributed by atoms with E-state index in [-0.39, 0.29) is 16.9 Å². The van der Waals surface area contributed by atoms with E-state index in [2.05, 4.69) is 15.3 Å². The molecule has 0 saturated heterocycles. The summed E-state index contributed by atoms with van der Waals surface area (Å²) in [5.41, 5.74) is 1.14. The zero-order chi connectivity index (χ0) is 19.6. The monoisotopic (exact) mass is 388 g/mol. The van der Waals surface area contributed by atoms with Crippen molar-refractivity contribution < 1.29 is 23.5 Å². The molecule has 0 unspecified atom stereocenters. The van der Waals surface area contributed by atoms with Crippen molar-refractivity contribution in [2.75, 3.05) is 12.4 Å². The van der Waals surface area contributed by atoms with Gasteiger partial charge in [0.2, 0.25) is 5.88 Å². The lowest BCUT2D eigenvalue weighted by atomic mass is 10.2. The molecule has 27 heavy (non-hydrogen) atoms. The molecule has 3 N–H and O–H groups in total. The zero-order valence-electron chi connectivity index (χ0n) is 14.0. The number of hydrogen-bond acceptors (Lipinski definition) is 6. The Morgan fingerprint density at radius 2 is 2.04 bits per heavy atom. The predicted molar refractivity (Wildman–Crippen MR) is 96.2 cm³/mol. The Bertz CT molecular complexity index is 1110. The smallest absolute Gasteiger partial charge is 0.330 e. The molecule has 2 heterocycles. The van der Waals surface area contributed by atoms with Gasteiger partial charge in [-0.15, -0.1) is 0 Å². The predicted octanol–water partition coefficient (Wildman–Crippen LogP) is 3.07. The highest BCUT2D eigenvalue weighted by atomic mass is 31.2. The second-order valence-electron chi connectivity index (χ2n) is 5.65. The lowest BCUT2D eigenvalue weighted by Crippen LogP contribution is -1.99. The Kier molecular flexibility index (Phi) is 5.06. The van der Waals surface area contributed by atoms with Gasteiger partial charge in [-0.2, -0.15) is 10.2 Å². The largest absolute Gasteiger partial charge is 0.481 e. The lowest BCUT2D eigenvalue weighted by molar-refractivity contribution is 0.370. The Morgan fingerprint density at radius 1 is 1.26 bits per heavy atom. The molecule has 0 aliphatic carbocycles. The molecule has 3 rings (SSSR count). The summed E-state index contributed by atoms with van der Waals surface area (Å²) in [5.74, 6) is -0.411. The van der Waals surface area contributed by atoms with E-state index in [9.17, 15) is 8.96 Å². The maximum absolute atomic E-state index is 14.2. The van der Waals surface area contributed by atoms with Crippen molar-refractivity contribution in [1.29, 1.82) is 5.26 Å². The van der Waals surface area contributed by atoms with E-state index in [4.69, 9.17) is 19.8 Å².